The lowest BCUT2D eigenvalue weighted by molar-refractivity contribution is -0.121. The van der Waals surface area contributed by atoms with Crippen molar-refractivity contribution < 1.29 is 18.7 Å². The molecule has 1 aliphatic rings. The highest BCUT2D eigenvalue weighted by molar-refractivity contribution is 6.00. The van der Waals surface area contributed by atoms with E-state index >= 15 is 0 Å². The Balaban J connectivity index is 1.43. The summed E-state index contributed by atoms with van der Waals surface area (Å²) in [5.74, 6) is -0.353. The lowest BCUT2D eigenvalue weighted by atomic mass is 10.0. The Morgan fingerprint density at radius 1 is 1.00 bits per heavy atom. The van der Waals surface area contributed by atoms with Gasteiger partial charge in [-0.15, -0.1) is 0 Å². The van der Waals surface area contributed by atoms with E-state index in [4.69, 9.17) is 4.74 Å². The average molecular weight is 419 g/mol. The molecule has 4 rings (SSSR count). The summed E-state index contributed by atoms with van der Waals surface area (Å²) >= 11 is 0. The molecular weight excluding hydrogens is 397 g/mol. The van der Waals surface area contributed by atoms with Crippen molar-refractivity contribution in [1.82, 2.24) is 9.88 Å². The molecule has 6 nitrogen and oxygen atoms in total. The van der Waals surface area contributed by atoms with Crippen molar-refractivity contribution in [3.63, 3.8) is 0 Å². The van der Waals surface area contributed by atoms with E-state index in [1.807, 2.05) is 0 Å². The molecule has 31 heavy (non-hydrogen) atoms. The average Bonchev–Trinajstić information content (AvgIpc) is 2.82. The SMILES string of the molecule is O=C(Nc1ccc(Oc2ccccc2F)cc1)C1CCCCN1C(=O)c1ccccn1. The second-order valence-electron chi connectivity index (χ2n) is 7.27. The molecule has 0 spiro atoms. The lowest BCUT2D eigenvalue weighted by Gasteiger charge is -2.34. The predicted octanol–water partition coefficient (Wildman–Crippen LogP) is 4.65. The van der Waals surface area contributed by atoms with Gasteiger partial charge in [0.1, 0.15) is 17.5 Å². The number of anilines is 1. The highest BCUT2D eigenvalue weighted by Gasteiger charge is 2.33. The summed E-state index contributed by atoms with van der Waals surface area (Å²) < 4.78 is 19.3. The minimum atomic E-state index is -0.558. The molecule has 0 radical (unpaired) electrons. The zero-order chi connectivity index (χ0) is 21.6. The lowest BCUT2D eigenvalue weighted by Crippen LogP contribution is -2.50. The molecule has 0 aliphatic carbocycles. The molecule has 2 amide bonds. The van der Waals surface area contributed by atoms with Crippen LogP contribution in [0, 0.1) is 5.82 Å². The number of likely N-dealkylation sites (tertiary alicyclic amines) is 1. The topological polar surface area (TPSA) is 71.5 Å². The Labute approximate surface area is 179 Å². The fraction of sp³-hybridized carbons (Fsp3) is 0.208. The van der Waals surface area contributed by atoms with Crippen molar-refractivity contribution in [2.45, 2.75) is 25.3 Å². The largest absolute Gasteiger partial charge is 0.454 e. The number of halogens is 1. The van der Waals surface area contributed by atoms with Gasteiger partial charge in [0.05, 0.1) is 0 Å². The number of hydrogen-bond acceptors (Lipinski definition) is 4. The van der Waals surface area contributed by atoms with Crippen LogP contribution < -0.4 is 10.1 Å². The van der Waals surface area contributed by atoms with Gasteiger partial charge < -0.3 is 15.0 Å². The number of benzene rings is 2. The van der Waals surface area contributed by atoms with Crippen molar-refractivity contribution in [3.8, 4) is 11.5 Å². The fourth-order valence-corrected chi connectivity index (χ4v) is 3.57. The van der Waals surface area contributed by atoms with Crippen LogP contribution in [-0.4, -0.2) is 34.3 Å². The second-order valence-corrected chi connectivity index (χ2v) is 7.27. The first-order valence-electron chi connectivity index (χ1n) is 10.2. The summed E-state index contributed by atoms with van der Waals surface area (Å²) in [6.45, 7) is 0.517. The molecule has 1 saturated heterocycles. The quantitative estimate of drug-likeness (QED) is 0.654. The van der Waals surface area contributed by atoms with Crippen molar-refractivity contribution in [2.75, 3.05) is 11.9 Å². The van der Waals surface area contributed by atoms with E-state index in [1.165, 1.54) is 6.07 Å². The summed E-state index contributed by atoms with van der Waals surface area (Å²) in [4.78, 5) is 31.5. The molecule has 3 aromatic rings. The van der Waals surface area contributed by atoms with Gasteiger partial charge in [-0.05, 0) is 67.8 Å². The molecule has 158 valence electrons. The Morgan fingerprint density at radius 3 is 2.52 bits per heavy atom. The minimum Gasteiger partial charge on any atom is -0.454 e. The first kappa shape index (κ1) is 20.5. The fourth-order valence-electron chi connectivity index (χ4n) is 3.57. The van der Waals surface area contributed by atoms with Crippen molar-refractivity contribution in [2.24, 2.45) is 0 Å². The molecule has 7 heteroatoms. The van der Waals surface area contributed by atoms with Crippen molar-refractivity contribution in [3.05, 3.63) is 84.4 Å². The molecular formula is C24H22FN3O3. The van der Waals surface area contributed by atoms with Crippen LogP contribution in [0.2, 0.25) is 0 Å². The Bertz CT molecular complexity index is 1060. The third-order valence-electron chi connectivity index (χ3n) is 5.14. The zero-order valence-electron chi connectivity index (χ0n) is 16.8. The van der Waals surface area contributed by atoms with E-state index in [-0.39, 0.29) is 17.6 Å². The second kappa shape index (κ2) is 9.38. The van der Waals surface area contributed by atoms with E-state index < -0.39 is 11.9 Å². The van der Waals surface area contributed by atoms with Gasteiger partial charge in [0.15, 0.2) is 11.6 Å². The predicted molar refractivity (Wildman–Crippen MR) is 114 cm³/mol. The number of nitrogens with one attached hydrogen (secondary N) is 1. The summed E-state index contributed by atoms with van der Waals surface area (Å²) in [5.41, 5.74) is 0.901. The van der Waals surface area contributed by atoms with Gasteiger partial charge in [-0.1, -0.05) is 18.2 Å². The Hall–Kier alpha value is -3.74. The molecule has 0 bridgehead atoms. The molecule has 1 aliphatic heterocycles. The van der Waals surface area contributed by atoms with E-state index in [1.54, 1.807) is 71.8 Å². The van der Waals surface area contributed by atoms with Crippen LogP contribution in [-0.2, 0) is 4.79 Å². The van der Waals surface area contributed by atoms with Gasteiger partial charge in [-0.3, -0.25) is 14.6 Å². The molecule has 2 heterocycles. The highest BCUT2D eigenvalue weighted by Crippen LogP contribution is 2.26. The number of rotatable bonds is 5. The van der Waals surface area contributed by atoms with Crippen molar-refractivity contribution >= 4 is 17.5 Å². The van der Waals surface area contributed by atoms with Crippen LogP contribution >= 0.6 is 0 Å². The normalized spacial score (nSPS) is 15.9. The summed E-state index contributed by atoms with van der Waals surface area (Å²) in [7, 11) is 0. The van der Waals surface area contributed by atoms with Gasteiger partial charge in [0.25, 0.3) is 5.91 Å². The highest BCUT2D eigenvalue weighted by atomic mass is 19.1. The molecule has 1 aromatic heterocycles. The monoisotopic (exact) mass is 419 g/mol. The third kappa shape index (κ3) is 4.88. The smallest absolute Gasteiger partial charge is 0.273 e. The zero-order valence-corrected chi connectivity index (χ0v) is 16.8. The number of ether oxygens (including phenoxy) is 1. The molecule has 1 unspecified atom stereocenters. The maximum absolute atomic E-state index is 13.7. The molecule has 1 N–H and O–H groups in total. The van der Waals surface area contributed by atoms with Crippen LogP contribution in [0.4, 0.5) is 10.1 Å². The van der Waals surface area contributed by atoms with Crippen LogP contribution in [0.3, 0.4) is 0 Å². The molecule has 1 fully saturated rings. The Kier molecular flexibility index (Phi) is 6.21. The number of pyridine rings is 1. The van der Waals surface area contributed by atoms with E-state index in [0.29, 0.717) is 30.1 Å². The Morgan fingerprint density at radius 2 is 1.77 bits per heavy atom. The maximum Gasteiger partial charge on any atom is 0.273 e. The van der Waals surface area contributed by atoms with Crippen LogP contribution in [0.15, 0.2) is 72.9 Å². The first-order valence-corrected chi connectivity index (χ1v) is 10.2. The summed E-state index contributed by atoms with van der Waals surface area (Å²) in [6, 6.07) is 17.4. The number of hydrogen-bond donors (Lipinski definition) is 1. The van der Waals surface area contributed by atoms with Gasteiger partial charge in [-0.25, -0.2) is 4.39 Å². The van der Waals surface area contributed by atoms with Crippen LogP contribution in [0.25, 0.3) is 0 Å². The summed E-state index contributed by atoms with van der Waals surface area (Å²) in [5, 5.41) is 2.87. The van der Waals surface area contributed by atoms with E-state index in [2.05, 4.69) is 10.3 Å². The number of nitrogens with zero attached hydrogens (tertiary/aromatic N) is 2. The van der Waals surface area contributed by atoms with Gasteiger partial charge in [0, 0.05) is 18.4 Å². The van der Waals surface area contributed by atoms with E-state index in [0.717, 1.165) is 12.8 Å². The standard InChI is InChI=1S/C24H22FN3O3/c25-19-7-1-2-10-22(19)31-18-13-11-17(12-14-18)27-23(29)21-9-4-6-16-28(21)24(30)20-8-3-5-15-26-20/h1-3,5,7-8,10-15,21H,4,6,9,16H2,(H,27,29). The number of aromatic nitrogens is 1. The van der Waals surface area contributed by atoms with E-state index in [9.17, 15) is 14.0 Å². The van der Waals surface area contributed by atoms with Gasteiger partial charge >= 0.3 is 0 Å². The van der Waals surface area contributed by atoms with Crippen molar-refractivity contribution in [1.29, 1.82) is 0 Å². The number of carbonyl (C=O) groups is 2. The number of amides is 2. The molecule has 2 aromatic carbocycles. The number of carbonyl (C=O) groups excluding carboxylic acids is 2. The van der Waals surface area contributed by atoms with Gasteiger partial charge in [-0.2, -0.15) is 0 Å². The van der Waals surface area contributed by atoms with Crippen LogP contribution in [0.1, 0.15) is 29.8 Å². The summed E-state index contributed by atoms with van der Waals surface area (Å²) in [6.07, 6.45) is 3.89. The molecule has 1 atom stereocenters. The van der Waals surface area contributed by atoms with Crippen LogP contribution in [0.5, 0.6) is 11.5 Å². The first-order chi connectivity index (χ1) is 15.1. The molecule has 0 saturated carbocycles. The number of piperidine rings is 1. The number of para-hydroxylation sites is 1. The maximum atomic E-state index is 13.7. The third-order valence-corrected chi connectivity index (χ3v) is 5.14. The minimum absolute atomic E-state index is 0.130. The van der Waals surface area contributed by atoms with Gasteiger partial charge in [0.2, 0.25) is 5.91 Å².